The summed E-state index contributed by atoms with van der Waals surface area (Å²) >= 11 is 12.2. The lowest BCUT2D eigenvalue weighted by Crippen LogP contribution is -2.49. The monoisotopic (exact) mass is 435 g/mol. The van der Waals surface area contributed by atoms with E-state index < -0.39 is 29.8 Å². The predicted molar refractivity (Wildman–Crippen MR) is 112 cm³/mol. The minimum absolute atomic E-state index is 0.173. The van der Waals surface area contributed by atoms with Gasteiger partial charge in [-0.25, -0.2) is 0 Å². The van der Waals surface area contributed by atoms with Gasteiger partial charge >= 0.3 is 5.97 Å². The quantitative estimate of drug-likeness (QED) is 0.684. The Morgan fingerprint density at radius 1 is 1.07 bits per heavy atom. The third-order valence-electron chi connectivity index (χ3n) is 4.38. The molecule has 1 aliphatic rings. The molecule has 1 N–H and O–H groups in total. The number of nitrogens with one attached hydrogen (secondary N) is 1. The summed E-state index contributed by atoms with van der Waals surface area (Å²) in [6, 6.07) is 14.0. The first kappa shape index (κ1) is 21.6. The van der Waals surface area contributed by atoms with Crippen LogP contribution in [0, 0.1) is 0 Å². The van der Waals surface area contributed by atoms with Gasteiger partial charge in [0.25, 0.3) is 0 Å². The first-order chi connectivity index (χ1) is 13.6. The summed E-state index contributed by atoms with van der Waals surface area (Å²) in [7, 11) is 0. The predicted octanol–water partition coefficient (Wildman–Crippen LogP) is 5.02. The Hall–Kier alpha value is -2.08. The highest BCUT2D eigenvalue weighted by molar-refractivity contribution is 6.30. The molecule has 0 bridgehead atoms. The maximum Gasteiger partial charge on any atom is 0.309 e. The molecule has 1 unspecified atom stereocenters. The van der Waals surface area contributed by atoms with Crippen molar-refractivity contribution in [3.05, 3.63) is 69.7 Å². The van der Waals surface area contributed by atoms with Crippen LogP contribution in [0.1, 0.15) is 50.5 Å². The van der Waals surface area contributed by atoms with Crippen molar-refractivity contribution in [2.75, 3.05) is 0 Å². The van der Waals surface area contributed by atoms with E-state index in [0.29, 0.717) is 10.0 Å². The Morgan fingerprint density at radius 2 is 1.76 bits per heavy atom. The summed E-state index contributed by atoms with van der Waals surface area (Å²) in [6.45, 7) is 5.33. The van der Waals surface area contributed by atoms with Gasteiger partial charge in [-0.2, -0.15) is 0 Å². The van der Waals surface area contributed by atoms with Crippen molar-refractivity contribution in [3.8, 4) is 0 Å². The van der Waals surface area contributed by atoms with Gasteiger partial charge in [0.1, 0.15) is 17.8 Å². The van der Waals surface area contributed by atoms with E-state index in [4.69, 9.17) is 32.7 Å². The molecular formula is C22H23Cl2NO4. The average molecular weight is 436 g/mol. The number of amides is 1. The van der Waals surface area contributed by atoms with E-state index in [1.165, 1.54) is 0 Å². The van der Waals surface area contributed by atoms with Crippen LogP contribution in [0.3, 0.4) is 0 Å². The zero-order valence-corrected chi connectivity index (χ0v) is 18.0. The molecule has 3 atom stereocenters. The summed E-state index contributed by atoms with van der Waals surface area (Å²) in [5.74, 6) is -0.860. The van der Waals surface area contributed by atoms with Gasteiger partial charge in [-0.15, -0.1) is 0 Å². The lowest BCUT2D eigenvalue weighted by molar-refractivity contribution is -0.168. The van der Waals surface area contributed by atoms with Gasteiger partial charge in [0.15, 0.2) is 0 Å². The highest BCUT2D eigenvalue weighted by atomic mass is 35.5. The van der Waals surface area contributed by atoms with Crippen molar-refractivity contribution in [2.24, 2.45) is 0 Å². The van der Waals surface area contributed by atoms with Gasteiger partial charge in [0.2, 0.25) is 5.91 Å². The van der Waals surface area contributed by atoms with E-state index >= 15 is 0 Å². The van der Waals surface area contributed by atoms with Crippen molar-refractivity contribution in [2.45, 2.75) is 51.0 Å². The molecule has 7 heteroatoms. The van der Waals surface area contributed by atoms with Crippen LogP contribution in [-0.4, -0.2) is 23.6 Å². The van der Waals surface area contributed by atoms with E-state index in [-0.39, 0.29) is 12.3 Å². The molecule has 0 aromatic heterocycles. The van der Waals surface area contributed by atoms with E-state index in [2.05, 4.69) is 5.32 Å². The Labute approximate surface area is 180 Å². The fourth-order valence-electron chi connectivity index (χ4n) is 3.20. The molecule has 154 valence electrons. The molecule has 5 nitrogen and oxygen atoms in total. The lowest BCUT2D eigenvalue weighted by atomic mass is 9.93. The summed E-state index contributed by atoms with van der Waals surface area (Å²) in [5, 5.41) is 4.13. The molecular weight excluding hydrogens is 413 g/mol. The van der Waals surface area contributed by atoms with Gasteiger partial charge in [0, 0.05) is 10.0 Å². The highest BCUT2D eigenvalue weighted by Crippen LogP contribution is 2.38. The molecule has 29 heavy (non-hydrogen) atoms. The number of halogens is 2. The minimum Gasteiger partial charge on any atom is -0.460 e. The maximum absolute atomic E-state index is 12.7. The van der Waals surface area contributed by atoms with Crippen LogP contribution >= 0.6 is 23.2 Å². The number of hydrogen-bond donors (Lipinski definition) is 1. The third kappa shape index (κ3) is 5.72. The molecule has 1 aliphatic heterocycles. The zero-order valence-electron chi connectivity index (χ0n) is 16.4. The topological polar surface area (TPSA) is 64.6 Å². The van der Waals surface area contributed by atoms with E-state index in [1.807, 2.05) is 24.3 Å². The minimum atomic E-state index is -0.961. The Kier molecular flexibility index (Phi) is 6.52. The van der Waals surface area contributed by atoms with Crippen LogP contribution in [0.15, 0.2) is 48.5 Å². The highest BCUT2D eigenvalue weighted by Gasteiger charge is 2.39. The summed E-state index contributed by atoms with van der Waals surface area (Å²) in [5.41, 5.74) is 0.996. The molecule has 1 amide bonds. The number of rotatable bonds is 4. The Balaban J connectivity index is 1.88. The van der Waals surface area contributed by atoms with Crippen molar-refractivity contribution in [1.82, 2.24) is 5.32 Å². The number of carbonyl (C=O) groups is 2. The van der Waals surface area contributed by atoms with Crippen LogP contribution in [0.2, 0.25) is 10.0 Å². The molecule has 1 saturated heterocycles. The molecule has 3 rings (SSSR count). The molecule has 2 aromatic rings. The molecule has 2 aromatic carbocycles. The number of carbonyl (C=O) groups excluding carboxylic acids is 2. The number of benzene rings is 2. The van der Waals surface area contributed by atoms with Crippen LogP contribution in [0.5, 0.6) is 0 Å². The van der Waals surface area contributed by atoms with Crippen LogP contribution in [-0.2, 0) is 19.1 Å². The number of ether oxygens (including phenoxy) is 2. The van der Waals surface area contributed by atoms with Crippen LogP contribution in [0.4, 0.5) is 0 Å². The van der Waals surface area contributed by atoms with E-state index in [9.17, 15) is 9.59 Å². The number of hydrogen-bond acceptors (Lipinski definition) is 4. The summed E-state index contributed by atoms with van der Waals surface area (Å²) in [4.78, 5) is 24.9. The molecule has 0 spiro atoms. The van der Waals surface area contributed by atoms with Gasteiger partial charge < -0.3 is 14.8 Å². The zero-order chi connectivity index (χ0) is 21.2. The summed E-state index contributed by atoms with van der Waals surface area (Å²) < 4.78 is 11.5. The molecule has 1 fully saturated rings. The first-order valence-corrected chi connectivity index (χ1v) is 10.1. The smallest absolute Gasteiger partial charge is 0.309 e. The van der Waals surface area contributed by atoms with Crippen molar-refractivity contribution < 1.29 is 19.1 Å². The van der Waals surface area contributed by atoms with Gasteiger partial charge in [-0.1, -0.05) is 47.5 Å². The largest absolute Gasteiger partial charge is 0.460 e. The van der Waals surface area contributed by atoms with Gasteiger partial charge in [-0.3, -0.25) is 9.59 Å². The van der Waals surface area contributed by atoms with E-state index in [0.717, 1.165) is 11.1 Å². The SMILES string of the molecule is CC(C)(C)OC(=O)C[C@@H]1O[C@@H](c2cccc(Cl)c2)C(c2ccc(Cl)cc2)NC1=O. The lowest BCUT2D eigenvalue weighted by Gasteiger charge is -2.37. The molecule has 0 saturated carbocycles. The van der Waals surface area contributed by atoms with Crippen molar-refractivity contribution in [1.29, 1.82) is 0 Å². The van der Waals surface area contributed by atoms with Crippen molar-refractivity contribution >= 4 is 35.1 Å². The second-order valence-electron chi connectivity index (χ2n) is 7.93. The second kappa shape index (κ2) is 8.74. The van der Waals surface area contributed by atoms with Crippen molar-refractivity contribution in [3.63, 3.8) is 0 Å². The number of esters is 1. The standard InChI is InChI=1S/C22H23Cl2NO4/c1-22(2,3)29-18(26)12-17-21(27)25-19(13-7-9-15(23)10-8-13)20(28-17)14-5-4-6-16(24)11-14/h4-11,17,19-20H,12H2,1-3H3,(H,25,27)/t17-,19?,20-/m0/s1. The molecule has 1 heterocycles. The third-order valence-corrected chi connectivity index (χ3v) is 4.87. The second-order valence-corrected chi connectivity index (χ2v) is 8.80. The normalized spacial score (nSPS) is 22.1. The van der Waals surface area contributed by atoms with Crippen LogP contribution in [0.25, 0.3) is 0 Å². The molecule has 0 aliphatic carbocycles. The first-order valence-electron chi connectivity index (χ1n) is 9.31. The Bertz CT molecular complexity index is 892. The average Bonchev–Trinajstić information content (AvgIpc) is 2.62. The van der Waals surface area contributed by atoms with E-state index in [1.54, 1.807) is 45.0 Å². The fraction of sp³-hybridized carbons (Fsp3) is 0.364. The van der Waals surface area contributed by atoms with Gasteiger partial charge in [0.05, 0.1) is 12.5 Å². The summed E-state index contributed by atoms with van der Waals surface area (Å²) in [6.07, 6.45) is -1.66. The number of morpholine rings is 1. The van der Waals surface area contributed by atoms with Gasteiger partial charge in [-0.05, 0) is 56.2 Å². The fourth-order valence-corrected chi connectivity index (χ4v) is 3.52. The maximum atomic E-state index is 12.7. The Morgan fingerprint density at radius 3 is 2.38 bits per heavy atom. The molecule has 0 radical (unpaired) electrons. The van der Waals surface area contributed by atoms with Crippen LogP contribution < -0.4 is 5.32 Å².